The lowest BCUT2D eigenvalue weighted by Crippen LogP contribution is -2.31. The Hall–Kier alpha value is -1.36. The summed E-state index contributed by atoms with van der Waals surface area (Å²) >= 11 is 13.6. The topological polar surface area (TPSA) is 41.1 Å². The van der Waals surface area contributed by atoms with Crippen molar-refractivity contribution in [1.82, 2.24) is 0 Å². The summed E-state index contributed by atoms with van der Waals surface area (Å²) in [5.74, 6) is -0.182. The van der Waals surface area contributed by atoms with Crippen LogP contribution >= 0.6 is 35.0 Å². The standard InChI is InChI=1S/C16H16Cl2N2OS/c1-10(19-12-4-3-5-13(9-12)22-2)16(21)20-15-8-11(17)6-7-14(15)18/h3-10,19H,1-2H3,(H,20,21)/t10-/m1/s1. The molecule has 0 radical (unpaired) electrons. The molecule has 2 aromatic carbocycles. The third kappa shape index (κ3) is 4.57. The fraction of sp³-hybridized carbons (Fsp3) is 0.188. The lowest BCUT2D eigenvalue weighted by atomic mass is 10.2. The number of benzene rings is 2. The van der Waals surface area contributed by atoms with Gasteiger partial charge in [0.1, 0.15) is 6.04 Å². The molecule has 0 aromatic heterocycles. The summed E-state index contributed by atoms with van der Waals surface area (Å²) in [5, 5.41) is 6.92. The summed E-state index contributed by atoms with van der Waals surface area (Å²) in [4.78, 5) is 13.4. The highest BCUT2D eigenvalue weighted by Gasteiger charge is 2.14. The van der Waals surface area contributed by atoms with Crippen LogP contribution in [0.4, 0.5) is 11.4 Å². The van der Waals surface area contributed by atoms with Gasteiger partial charge in [0, 0.05) is 15.6 Å². The maximum atomic E-state index is 12.3. The van der Waals surface area contributed by atoms with Crippen LogP contribution in [0.3, 0.4) is 0 Å². The molecule has 0 heterocycles. The molecular weight excluding hydrogens is 339 g/mol. The molecule has 2 aromatic rings. The van der Waals surface area contributed by atoms with E-state index < -0.39 is 6.04 Å². The molecule has 0 saturated carbocycles. The molecule has 0 fully saturated rings. The van der Waals surface area contributed by atoms with E-state index in [0.717, 1.165) is 10.6 Å². The highest BCUT2D eigenvalue weighted by atomic mass is 35.5. The first-order valence-corrected chi connectivity index (χ1v) is 8.64. The normalized spacial score (nSPS) is 11.8. The van der Waals surface area contributed by atoms with Crippen LogP contribution in [-0.2, 0) is 4.79 Å². The first-order valence-electron chi connectivity index (χ1n) is 6.66. The lowest BCUT2D eigenvalue weighted by molar-refractivity contribution is -0.116. The fourth-order valence-corrected chi connectivity index (χ4v) is 2.66. The monoisotopic (exact) mass is 354 g/mol. The zero-order chi connectivity index (χ0) is 16.1. The van der Waals surface area contributed by atoms with Crippen molar-refractivity contribution in [3.8, 4) is 0 Å². The number of amides is 1. The van der Waals surface area contributed by atoms with E-state index in [0.29, 0.717) is 15.7 Å². The minimum atomic E-state index is -0.410. The Morgan fingerprint density at radius 2 is 1.95 bits per heavy atom. The lowest BCUT2D eigenvalue weighted by Gasteiger charge is -2.16. The molecule has 22 heavy (non-hydrogen) atoms. The first-order chi connectivity index (χ1) is 10.5. The van der Waals surface area contributed by atoms with Crippen LogP contribution in [-0.4, -0.2) is 18.2 Å². The van der Waals surface area contributed by atoms with Crippen LogP contribution in [0.2, 0.25) is 10.0 Å². The SMILES string of the molecule is CSc1cccc(N[C@H](C)C(=O)Nc2cc(Cl)ccc2Cl)c1. The fourth-order valence-electron chi connectivity index (χ4n) is 1.86. The van der Waals surface area contributed by atoms with E-state index in [-0.39, 0.29) is 5.91 Å². The van der Waals surface area contributed by atoms with Crippen molar-refractivity contribution in [2.75, 3.05) is 16.9 Å². The summed E-state index contributed by atoms with van der Waals surface area (Å²) in [6.45, 7) is 1.79. The van der Waals surface area contributed by atoms with E-state index in [2.05, 4.69) is 10.6 Å². The number of carbonyl (C=O) groups excluding carboxylic acids is 1. The van der Waals surface area contributed by atoms with Gasteiger partial charge in [-0.25, -0.2) is 0 Å². The molecular formula is C16H16Cl2N2OS. The van der Waals surface area contributed by atoms with Gasteiger partial charge in [-0.3, -0.25) is 4.79 Å². The van der Waals surface area contributed by atoms with Crippen molar-refractivity contribution in [1.29, 1.82) is 0 Å². The number of hydrogen-bond acceptors (Lipinski definition) is 3. The van der Waals surface area contributed by atoms with Crippen molar-refractivity contribution in [2.24, 2.45) is 0 Å². The molecule has 2 N–H and O–H groups in total. The van der Waals surface area contributed by atoms with Gasteiger partial charge in [-0.1, -0.05) is 29.3 Å². The Bertz CT molecular complexity index is 679. The molecule has 0 aliphatic carbocycles. The number of halogens is 2. The predicted octanol–water partition coefficient (Wildman–Crippen LogP) is 5.15. The number of thioether (sulfide) groups is 1. The second-order valence-electron chi connectivity index (χ2n) is 4.71. The smallest absolute Gasteiger partial charge is 0.246 e. The van der Waals surface area contributed by atoms with Crippen LogP contribution in [0.1, 0.15) is 6.92 Å². The number of anilines is 2. The van der Waals surface area contributed by atoms with Gasteiger partial charge in [0.15, 0.2) is 0 Å². The van der Waals surface area contributed by atoms with Crippen LogP contribution in [0.5, 0.6) is 0 Å². The summed E-state index contributed by atoms with van der Waals surface area (Å²) in [7, 11) is 0. The molecule has 116 valence electrons. The molecule has 0 aliphatic heterocycles. The summed E-state index contributed by atoms with van der Waals surface area (Å²) < 4.78 is 0. The van der Waals surface area contributed by atoms with E-state index in [9.17, 15) is 4.79 Å². The van der Waals surface area contributed by atoms with Crippen LogP contribution < -0.4 is 10.6 Å². The van der Waals surface area contributed by atoms with Crippen molar-refractivity contribution in [3.63, 3.8) is 0 Å². The predicted molar refractivity (Wildman–Crippen MR) is 96.4 cm³/mol. The third-order valence-electron chi connectivity index (χ3n) is 3.03. The molecule has 0 aliphatic rings. The number of carbonyl (C=O) groups is 1. The van der Waals surface area contributed by atoms with Gasteiger partial charge in [-0.2, -0.15) is 0 Å². The van der Waals surface area contributed by atoms with Crippen LogP contribution in [0.25, 0.3) is 0 Å². The van der Waals surface area contributed by atoms with E-state index >= 15 is 0 Å². The second kappa shape index (κ2) is 7.77. The average Bonchev–Trinajstić information content (AvgIpc) is 2.51. The van der Waals surface area contributed by atoms with Crippen molar-refractivity contribution >= 4 is 52.2 Å². The highest BCUT2D eigenvalue weighted by molar-refractivity contribution is 7.98. The van der Waals surface area contributed by atoms with Crippen molar-refractivity contribution in [2.45, 2.75) is 17.9 Å². The summed E-state index contributed by atoms with van der Waals surface area (Å²) in [6, 6.07) is 12.4. The minimum absolute atomic E-state index is 0.182. The van der Waals surface area contributed by atoms with Crippen LogP contribution in [0, 0.1) is 0 Å². The van der Waals surface area contributed by atoms with Gasteiger partial charge in [-0.05, 0) is 49.6 Å². The number of nitrogens with one attached hydrogen (secondary N) is 2. The van der Waals surface area contributed by atoms with Crippen LogP contribution in [0.15, 0.2) is 47.4 Å². The number of rotatable bonds is 5. The van der Waals surface area contributed by atoms with Gasteiger partial charge in [0.25, 0.3) is 0 Å². The van der Waals surface area contributed by atoms with Gasteiger partial charge in [0.2, 0.25) is 5.91 Å². The minimum Gasteiger partial charge on any atom is -0.374 e. The van der Waals surface area contributed by atoms with E-state index in [1.807, 2.05) is 30.5 Å². The third-order valence-corrected chi connectivity index (χ3v) is 4.32. The Kier molecular flexibility index (Phi) is 6.00. The second-order valence-corrected chi connectivity index (χ2v) is 6.43. The zero-order valence-corrected chi connectivity index (χ0v) is 14.5. The molecule has 1 amide bonds. The van der Waals surface area contributed by atoms with Crippen molar-refractivity contribution in [3.05, 3.63) is 52.5 Å². The Morgan fingerprint density at radius 1 is 1.18 bits per heavy atom. The molecule has 0 bridgehead atoms. The average molecular weight is 355 g/mol. The van der Waals surface area contributed by atoms with Gasteiger partial charge in [0.05, 0.1) is 10.7 Å². The molecule has 0 saturated heterocycles. The zero-order valence-electron chi connectivity index (χ0n) is 12.2. The van der Waals surface area contributed by atoms with Gasteiger partial charge in [-0.15, -0.1) is 11.8 Å². The summed E-state index contributed by atoms with van der Waals surface area (Å²) in [5.41, 5.74) is 1.40. The Labute approximate surface area is 144 Å². The molecule has 3 nitrogen and oxygen atoms in total. The molecule has 1 atom stereocenters. The quantitative estimate of drug-likeness (QED) is 0.729. The first kappa shape index (κ1) is 17.0. The number of hydrogen-bond donors (Lipinski definition) is 2. The van der Waals surface area contributed by atoms with Gasteiger partial charge < -0.3 is 10.6 Å². The molecule has 0 spiro atoms. The Balaban J connectivity index is 2.04. The van der Waals surface area contributed by atoms with E-state index in [1.165, 1.54) is 0 Å². The highest BCUT2D eigenvalue weighted by Crippen LogP contribution is 2.26. The largest absolute Gasteiger partial charge is 0.374 e. The van der Waals surface area contributed by atoms with E-state index in [4.69, 9.17) is 23.2 Å². The van der Waals surface area contributed by atoms with Gasteiger partial charge >= 0.3 is 0 Å². The summed E-state index contributed by atoms with van der Waals surface area (Å²) in [6.07, 6.45) is 2.01. The maximum absolute atomic E-state index is 12.3. The Morgan fingerprint density at radius 3 is 2.68 bits per heavy atom. The molecule has 2 rings (SSSR count). The molecule has 0 unspecified atom stereocenters. The van der Waals surface area contributed by atoms with Crippen molar-refractivity contribution < 1.29 is 4.79 Å². The molecule has 6 heteroatoms. The maximum Gasteiger partial charge on any atom is 0.246 e. The van der Waals surface area contributed by atoms with E-state index in [1.54, 1.807) is 36.9 Å².